The lowest BCUT2D eigenvalue weighted by Gasteiger charge is -2.29. The standard InChI is InChI=1S/C8H15NO3/c1-12-6-8(11)9-4-2-3-7(10)5-9/h7,10H,2-6H2,1H3/t7-/m1/s1. The molecule has 0 aromatic carbocycles. The Labute approximate surface area is 72.1 Å². The van der Waals surface area contributed by atoms with Crippen LogP contribution in [0.4, 0.5) is 0 Å². The van der Waals surface area contributed by atoms with Crippen LogP contribution in [0.2, 0.25) is 0 Å². The fraction of sp³-hybridized carbons (Fsp3) is 0.875. The predicted octanol–water partition coefficient (Wildman–Crippen LogP) is -0.384. The summed E-state index contributed by atoms with van der Waals surface area (Å²) in [7, 11) is 1.50. The third kappa shape index (κ3) is 2.46. The van der Waals surface area contributed by atoms with Gasteiger partial charge >= 0.3 is 0 Å². The Hall–Kier alpha value is -0.610. The molecular formula is C8H15NO3. The molecule has 4 heteroatoms. The molecule has 0 aromatic rings. The Morgan fingerprint density at radius 2 is 2.50 bits per heavy atom. The molecule has 0 unspecified atom stereocenters. The molecule has 12 heavy (non-hydrogen) atoms. The second-order valence-electron chi connectivity index (χ2n) is 3.07. The largest absolute Gasteiger partial charge is 0.391 e. The number of β-amino-alcohol motifs (C(OH)–C–C–N with tert-alkyl or cyclic N) is 1. The van der Waals surface area contributed by atoms with Gasteiger partial charge in [0.2, 0.25) is 5.91 Å². The fourth-order valence-electron chi connectivity index (χ4n) is 1.40. The van der Waals surface area contributed by atoms with E-state index in [1.54, 1.807) is 4.90 Å². The summed E-state index contributed by atoms with van der Waals surface area (Å²) in [6, 6.07) is 0. The number of rotatable bonds is 2. The molecule has 0 saturated carbocycles. The van der Waals surface area contributed by atoms with Gasteiger partial charge in [0.25, 0.3) is 0 Å². The number of hydrogen-bond acceptors (Lipinski definition) is 3. The van der Waals surface area contributed by atoms with Crippen LogP contribution >= 0.6 is 0 Å². The van der Waals surface area contributed by atoms with E-state index in [1.807, 2.05) is 0 Å². The molecule has 0 aromatic heterocycles. The summed E-state index contributed by atoms with van der Waals surface area (Å²) in [4.78, 5) is 12.9. The van der Waals surface area contributed by atoms with Gasteiger partial charge in [-0.15, -0.1) is 0 Å². The van der Waals surface area contributed by atoms with Crippen molar-refractivity contribution in [3.05, 3.63) is 0 Å². The van der Waals surface area contributed by atoms with E-state index in [4.69, 9.17) is 4.74 Å². The normalized spacial score (nSPS) is 24.2. The number of aliphatic hydroxyl groups excluding tert-OH is 1. The summed E-state index contributed by atoms with van der Waals surface area (Å²) in [5.41, 5.74) is 0. The van der Waals surface area contributed by atoms with Gasteiger partial charge in [0.15, 0.2) is 0 Å². The van der Waals surface area contributed by atoms with Gasteiger partial charge in [-0.05, 0) is 12.8 Å². The number of piperidine rings is 1. The second-order valence-corrected chi connectivity index (χ2v) is 3.07. The van der Waals surface area contributed by atoms with Crippen molar-refractivity contribution in [3.63, 3.8) is 0 Å². The van der Waals surface area contributed by atoms with Gasteiger partial charge in [0.1, 0.15) is 6.61 Å². The van der Waals surface area contributed by atoms with Crippen LogP contribution in [-0.4, -0.2) is 48.8 Å². The van der Waals surface area contributed by atoms with Gasteiger partial charge in [-0.2, -0.15) is 0 Å². The zero-order valence-corrected chi connectivity index (χ0v) is 7.32. The molecule has 1 aliphatic rings. The Bertz CT molecular complexity index is 160. The highest BCUT2D eigenvalue weighted by atomic mass is 16.5. The first-order valence-electron chi connectivity index (χ1n) is 4.19. The highest BCUT2D eigenvalue weighted by Crippen LogP contribution is 2.09. The molecule has 1 aliphatic heterocycles. The number of amides is 1. The minimum Gasteiger partial charge on any atom is -0.391 e. The van der Waals surface area contributed by atoms with Gasteiger partial charge in [0.05, 0.1) is 6.10 Å². The van der Waals surface area contributed by atoms with E-state index < -0.39 is 0 Å². The summed E-state index contributed by atoms with van der Waals surface area (Å²) >= 11 is 0. The summed E-state index contributed by atoms with van der Waals surface area (Å²) in [6.45, 7) is 1.33. The predicted molar refractivity (Wildman–Crippen MR) is 43.7 cm³/mol. The Morgan fingerprint density at radius 3 is 3.08 bits per heavy atom. The number of likely N-dealkylation sites (tertiary alicyclic amines) is 1. The van der Waals surface area contributed by atoms with Gasteiger partial charge in [-0.3, -0.25) is 4.79 Å². The molecule has 1 heterocycles. The van der Waals surface area contributed by atoms with Crippen molar-refractivity contribution < 1.29 is 14.6 Å². The zero-order chi connectivity index (χ0) is 8.97. The van der Waals surface area contributed by atoms with E-state index in [1.165, 1.54) is 7.11 Å². The van der Waals surface area contributed by atoms with Crippen molar-refractivity contribution in [2.24, 2.45) is 0 Å². The number of carbonyl (C=O) groups is 1. The minimum atomic E-state index is -0.348. The highest BCUT2D eigenvalue weighted by molar-refractivity contribution is 5.77. The molecule has 1 amide bonds. The number of hydrogen-bond donors (Lipinski definition) is 1. The first-order valence-corrected chi connectivity index (χ1v) is 4.19. The highest BCUT2D eigenvalue weighted by Gasteiger charge is 2.21. The Morgan fingerprint density at radius 1 is 1.75 bits per heavy atom. The third-order valence-corrected chi connectivity index (χ3v) is 2.02. The van der Waals surface area contributed by atoms with Crippen molar-refractivity contribution in [2.75, 3.05) is 26.8 Å². The topological polar surface area (TPSA) is 49.8 Å². The maximum atomic E-state index is 11.2. The van der Waals surface area contributed by atoms with Crippen LogP contribution in [0.25, 0.3) is 0 Å². The number of methoxy groups -OCH3 is 1. The maximum Gasteiger partial charge on any atom is 0.248 e. The summed E-state index contributed by atoms with van der Waals surface area (Å²) in [6.07, 6.45) is 1.34. The van der Waals surface area contributed by atoms with Crippen molar-refractivity contribution in [3.8, 4) is 0 Å². The van der Waals surface area contributed by atoms with E-state index in [0.29, 0.717) is 6.54 Å². The van der Waals surface area contributed by atoms with Crippen LogP contribution in [0.1, 0.15) is 12.8 Å². The van der Waals surface area contributed by atoms with E-state index in [0.717, 1.165) is 19.4 Å². The average molecular weight is 173 g/mol. The molecule has 4 nitrogen and oxygen atoms in total. The number of aliphatic hydroxyl groups is 1. The van der Waals surface area contributed by atoms with Gasteiger partial charge in [-0.1, -0.05) is 0 Å². The fourth-order valence-corrected chi connectivity index (χ4v) is 1.40. The quantitative estimate of drug-likeness (QED) is 0.619. The van der Waals surface area contributed by atoms with E-state index in [9.17, 15) is 9.90 Å². The number of ether oxygens (including phenoxy) is 1. The zero-order valence-electron chi connectivity index (χ0n) is 7.32. The molecular weight excluding hydrogens is 158 g/mol. The van der Waals surface area contributed by atoms with Crippen LogP contribution in [0.15, 0.2) is 0 Å². The third-order valence-electron chi connectivity index (χ3n) is 2.02. The van der Waals surface area contributed by atoms with E-state index >= 15 is 0 Å². The molecule has 0 bridgehead atoms. The summed E-state index contributed by atoms with van der Waals surface area (Å²) < 4.78 is 4.72. The lowest BCUT2D eigenvalue weighted by atomic mass is 10.1. The Kier molecular flexibility index (Phi) is 3.49. The minimum absolute atomic E-state index is 0.0312. The lowest BCUT2D eigenvalue weighted by Crippen LogP contribution is -2.43. The van der Waals surface area contributed by atoms with Crippen LogP contribution in [0, 0.1) is 0 Å². The molecule has 1 N–H and O–H groups in total. The monoisotopic (exact) mass is 173 g/mol. The average Bonchev–Trinajstić information content (AvgIpc) is 2.05. The van der Waals surface area contributed by atoms with Gasteiger partial charge in [-0.25, -0.2) is 0 Å². The van der Waals surface area contributed by atoms with E-state index in [2.05, 4.69) is 0 Å². The smallest absolute Gasteiger partial charge is 0.248 e. The van der Waals surface area contributed by atoms with Crippen molar-refractivity contribution in [1.29, 1.82) is 0 Å². The molecule has 0 spiro atoms. The van der Waals surface area contributed by atoms with Crippen LogP contribution < -0.4 is 0 Å². The first kappa shape index (κ1) is 9.48. The lowest BCUT2D eigenvalue weighted by molar-refractivity contribution is -0.138. The van der Waals surface area contributed by atoms with Gasteiger partial charge in [0, 0.05) is 20.2 Å². The van der Waals surface area contributed by atoms with Crippen molar-refractivity contribution in [1.82, 2.24) is 4.90 Å². The SMILES string of the molecule is COCC(=O)N1CCC[C@@H](O)C1. The summed E-state index contributed by atoms with van der Waals surface area (Å²) in [5, 5.41) is 9.26. The van der Waals surface area contributed by atoms with Gasteiger partial charge < -0.3 is 14.7 Å². The second kappa shape index (κ2) is 4.42. The van der Waals surface area contributed by atoms with Crippen LogP contribution in [0.3, 0.4) is 0 Å². The maximum absolute atomic E-state index is 11.2. The molecule has 1 rings (SSSR count). The van der Waals surface area contributed by atoms with E-state index in [-0.39, 0.29) is 18.6 Å². The van der Waals surface area contributed by atoms with Crippen LogP contribution in [-0.2, 0) is 9.53 Å². The van der Waals surface area contributed by atoms with Crippen molar-refractivity contribution in [2.45, 2.75) is 18.9 Å². The molecule has 0 radical (unpaired) electrons. The van der Waals surface area contributed by atoms with Crippen LogP contribution in [0.5, 0.6) is 0 Å². The molecule has 70 valence electrons. The molecule has 1 atom stereocenters. The first-order chi connectivity index (χ1) is 5.74. The molecule has 1 fully saturated rings. The molecule has 1 saturated heterocycles. The number of nitrogens with zero attached hydrogens (tertiary/aromatic N) is 1. The molecule has 0 aliphatic carbocycles. The summed E-state index contributed by atoms with van der Waals surface area (Å²) in [5.74, 6) is -0.0312. The number of carbonyl (C=O) groups excluding carboxylic acids is 1. The Balaban J connectivity index is 2.35. The van der Waals surface area contributed by atoms with Crippen molar-refractivity contribution >= 4 is 5.91 Å².